The normalized spacial score (nSPS) is 23.2. The summed E-state index contributed by atoms with van der Waals surface area (Å²) in [6, 6.07) is 3.04. The summed E-state index contributed by atoms with van der Waals surface area (Å²) in [6.07, 6.45) is 6.93. The number of carbonyl (C=O) groups is 1. The van der Waals surface area contributed by atoms with Gasteiger partial charge in [-0.25, -0.2) is 4.39 Å². The van der Waals surface area contributed by atoms with Crippen molar-refractivity contribution < 1.29 is 13.9 Å². The SMILES string of the molecule is C=C(C1CCCC1)N1CCN(Cc2cc(F)cc(NC(=O)C3CCCOC3)c2C)CC1. The van der Waals surface area contributed by atoms with Crippen LogP contribution in [0.4, 0.5) is 10.1 Å². The minimum absolute atomic E-state index is 0.0709. The molecule has 1 unspecified atom stereocenters. The van der Waals surface area contributed by atoms with E-state index in [2.05, 4.69) is 21.7 Å². The first-order valence-corrected chi connectivity index (χ1v) is 11.8. The number of hydrogen-bond donors (Lipinski definition) is 1. The molecule has 5 nitrogen and oxygen atoms in total. The van der Waals surface area contributed by atoms with Gasteiger partial charge in [-0.3, -0.25) is 9.69 Å². The summed E-state index contributed by atoms with van der Waals surface area (Å²) in [6.45, 7) is 12.1. The number of allylic oxidation sites excluding steroid dienone is 1. The lowest BCUT2D eigenvalue weighted by Gasteiger charge is -2.39. The Morgan fingerprint density at radius 3 is 2.52 bits per heavy atom. The highest BCUT2D eigenvalue weighted by molar-refractivity contribution is 5.93. The van der Waals surface area contributed by atoms with Crippen molar-refractivity contribution in [2.24, 2.45) is 11.8 Å². The molecule has 3 aliphatic rings. The second-order valence-corrected chi connectivity index (χ2v) is 9.38. The second kappa shape index (κ2) is 10.1. The van der Waals surface area contributed by atoms with E-state index in [1.807, 2.05) is 6.92 Å². The summed E-state index contributed by atoms with van der Waals surface area (Å²) in [4.78, 5) is 17.4. The number of amides is 1. The summed E-state index contributed by atoms with van der Waals surface area (Å²) >= 11 is 0. The number of benzene rings is 1. The van der Waals surface area contributed by atoms with Crippen LogP contribution in [0.15, 0.2) is 24.4 Å². The molecule has 2 saturated heterocycles. The van der Waals surface area contributed by atoms with Gasteiger partial charge in [0.25, 0.3) is 0 Å². The summed E-state index contributed by atoms with van der Waals surface area (Å²) in [7, 11) is 0. The number of ether oxygens (including phenoxy) is 1. The largest absolute Gasteiger partial charge is 0.381 e. The van der Waals surface area contributed by atoms with Crippen LogP contribution in [0.25, 0.3) is 0 Å². The Morgan fingerprint density at radius 1 is 1.13 bits per heavy atom. The van der Waals surface area contributed by atoms with Crippen LogP contribution in [0, 0.1) is 24.6 Å². The fraction of sp³-hybridized carbons (Fsp3) is 0.640. The third-order valence-electron chi connectivity index (χ3n) is 7.27. The number of nitrogens with one attached hydrogen (secondary N) is 1. The zero-order valence-corrected chi connectivity index (χ0v) is 18.8. The smallest absolute Gasteiger partial charge is 0.229 e. The summed E-state index contributed by atoms with van der Waals surface area (Å²) in [5.74, 6) is 0.140. The lowest BCUT2D eigenvalue weighted by atomic mass is 10.00. The quantitative estimate of drug-likeness (QED) is 0.732. The average molecular weight is 430 g/mol. The Kier molecular flexibility index (Phi) is 7.28. The first kappa shape index (κ1) is 22.3. The molecule has 1 aromatic carbocycles. The maximum Gasteiger partial charge on any atom is 0.229 e. The van der Waals surface area contributed by atoms with Gasteiger partial charge < -0.3 is 15.0 Å². The van der Waals surface area contributed by atoms with Crippen molar-refractivity contribution in [2.45, 2.75) is 52.0 Å². The van der Waals surface area contributed by atoms with E-state index in [-0.39, 0.29) is 17.6 Å². The maximum absolute atomic E-state index is 14.4. The molecule has 0 aromatic heterocycles. The third kappa shape index (κ3) is 5.47. The van der Waals surface area contributed by atoms with E-state index >= 15 is 0 Å². The maximum atomic E-state index is 14.4. The van der Waals surface area contributed by atoms with Gasteiger partial charge in [-0.1, -0.05) is 19.4 Å². The van der Waals surface area contributed by atoms with Crippen molar-refractivity contribution in [1.29, 1.82) is 0 Å². The van der Waals surface area contributed by atoms with Crippen LogP contribution < -0.4 is 5.32 Å². The lowest BCUT2D eigenvalue weighted by Crippen LogP contribution is -2.46. The van der Waals surface area contributed by atoms with Gasteiger partial charge in [0.05, 0.1) is 12.5 Å². The van der Waals surface area contributed by atoms with E-state index in [0.29, 0.717) is 31.4 Å². The molecule has 1 atom stereocenters. The van der Waals surface area contributed by atoms with Crippen molar-refractivity contribution >= 4 is 11.6 Å². The number of nitrogens with zero attached hydrogens (tertiary/aromatic N) is 2. The summed E-state index contributed by atoms with van der Waals surface area (Å²) in [5, 5.41) is 2.95. The highest BCUT2D eigenvalue weighted by Crippen LogP contribution is 2.32. The molecule has 4 rings (SSSR count). The molecule has 3 fully saturated rings. The van der Waals surface area contributed by atoms with Crippen LogP contribution >= 0.6 is 0 Å². The van der Waals surface area contributed by atoms with Crippen molar-refractivity contribution in [3.63, 3.8) is 0 Å². The molecule has 0 bridgehead atoms. The number of rotatable bonds is 6. The van der Waals surface area contributed by atoms with Crippen molar-refractivity contribution in [3.05, 3.63) is 41.4 Å². The van der Waals surface area contributed by atoms with Crippen LogP contribution in [-0.4, -0.2) is 55.1 Å². The van der Waals surface area contributed by atoms with E-state index in [9.17, 15) is 9.18 Å². The number of hydrogen-bond acceptors (Lipinski definition) is 4. The average Bonchev–Trinajstić information content (AvgIpc) is 3.32. The Hall–Kier alpha value is -1.92. The number of carbonyl (C=O) groups excluding carboxylic acids is 1. The van der Waals surface area contributed by atoms with Gasteiger partial charge in [0.1, 0.15) is 5.82 Å². The number of anilines is 1. The lowest BCUT2D eigenvalue weighted by molar-refractivity contribution is -0.123. The van der Waals surface area contributed by atoms with E-state index < -0.39 is 0 Å². The molecule has 1 aliphatic carbocycles. The Labute approximate surface area is 185 Å². The minimum Gasteiger partial charge on any atom is -0.381 e. The fourth-order valence-corrected chi connectivity index (χ4v) is 5.16. The third-order valence-corrected chi connectivity index (χ3v) is 7.27. The molecule has 1 N–H and O–H groups in total. The topological polar surface area (TPSA) is 44.8 Å². The molecular formula is C25H36FN3O2. The van der Waals surface area contributed by atoms with E-state index in [1.165, 1.54) is 37.4 Å². The monoisotopic (exact) mass is 429 g/mol. The fourth-order valence-electron chi connectivity index (χ4n) is 5.16. The van der Waals surface area contributed by atoms with Gasteiger partial charge in [-0.15, -0.1) is 0 Å². The van der Waals surface area contributed by atoms with Gasteiger partial charge in [-0.2, -0.15) is 0 Å². The van der Waals surface area contributed by atoms with Crippen LogP contribution in [0.2, 0.25) is 0 Å². The van der Waals surface area contributed by atoms with Crippen LogP contribution in [-0.2, 0) is 16.1 Å². The van der Waals surface area contributed by atoms with Gasteiger partial charge >= 0.3 is 0 Å². The summed E-state index contributed by atoms with van der Waals surface area (Å²) in [5.41, 5.74) is 3.79. The van der Waals surface area contributed by atoms with E-state index in [4.69, 9.17) is 4.74 Å². The van der Waals surface area contributed by atoms with Gasteiger partial charge in [0, 0.05) is 50.7 Å². The van der Waals surface area contributed by atoms with Gasteiger partial charge in [0.15, 0.2) is 0 Å². The minimum atomic E-state index is -0.302. The molecule has 1 saturated carbocycles. The highest BCUT2D eigenvalue weighted by atomic mass is 19.1. The molecule has 2 heterocycles. The van der Waals surface area contributed by atoms with Crippen molar-refractivity contribution in [2.75, 3.05) is 44.7 Å². The first-order valence-electron chi connectivity index (χ1n) is 11.8. The standard InChI is InChI=1S/C25H36FN3O2/c1-18-22(14-23(26)15-24(18)27-25(30)21-8-5-13-31-17-21)16-28-9-11-29(12-10-28)19(2)20-6-3-4-7-20/h14-15,20-21H,2-13,16-17H2,1H3,(H,27,30). The van der Waals surface area contributed by atoms with Gasteiger partial charge in [0.2, 0.25) is 5.91 Å². The number of piperazine rings is 1. The molecule has 31 heavy (non-hydrogen) atoms. The van der Waals surface area contributed by atoms with Crippen LogP contribution in [0.5, 0.6) is 0 Å². The molecule has 0 radical (unpaired) electrons. The molecule has 1 amide bonds. The Morgan fingerprint density at radius 2 is 1.84 bits per heavy atom. The summed E-state index contributed by atoms with van der Waals surface area (Å²) < 4.78 is 19.8. The zero-order valence-electron chi connectivity index (χ0n) is 18.8. The number of halogens is 1. The molecule has 1 aromatic rings. The molecule has 6 heteroatoms. The van der Waals surface area contributed by atoms with Crippen LogP contribution in [0.1, 0.15) is 49.7 Å². The van der Waals surface area contributed by atoms with E-state index in [1.54, 1.807) is 6.07 Å². The Balaban J connectivity index is 1.35. The molecule has 170 valence electrons. The van der Waals surface area contributed by atoms with Crippen molar-refractivity contribution in [1.82, 2.24) is 9.80 Å². The van der Waals surface area contributed by atoms with E-state index in [0.717, 1.165) is 50.1 Å². The zero-order chi connectivity index (χ0) is 21.8. The van der Waals surface area contributed by atoms with Crippen LogP contribution in [0.3, 0.4) is 0 Å². The predicted molar refractivity (Wildman–Crippen MR) is 121 cm³/mol. The molecule has 2 aliphatic heterocycles. The highest BCUT2D eigenvalue weighted by Gasteiger charge is 2.26. The molecule has 0 spiro atoms. The first-order chi connectivity index (χ1) is 15.0. The van der Waals surface area contributed by atoms with Crippen molar-refractivity contribution in [3.8, 4) is 0 Å². The predicted octanol–water partition coefficient (Wildman–Crippen LogP) is 4.32. The second-order valence-electron chi connectivity index (χ2n) is 9.38. The molecular weight excluding hydrogens is 393 g/mol. The van der Waals surface area contributed by atoms with Gasteiger partial charge in [-0.05, 0) is 61.8 Å². The Bertz CT molecular complexity index is 792.